The van der Waals surface area contributed by atoms with Crippen LogP contribution in [-0.4, -0.2) is 95.6 Å². The number of halogens is 1. The predicted octanol–water partition coefficient (Wildman–Crippen LogP) is 5.08. The van der Waals surface area contributed by atoms with Crippen LogP contribution in [0.5, 0.6) is 0 Å². The summed E-state index contributed by atoms with van der Waals surface area (Å²) in [6.45, 7) is 24.4. The Morgan fingerprint density at radius 3 is 2.56 bits per heavy atom. The van der Waals surface area contributed by atoms with Crippen molar-refractivity contribution in [2.45, 2.75) is 72.0 Å². The lowest BCUT2D eigenvalue weighted by molar-refractivity contribution is -0.0327. The van der Waals surface area contributed by atoms with E-state index in [9.17, 15) is 0 Å². The van der Waals surface area contributed by atoms with Gasteiger partial charge in [-0.15, -0.1) is 6.58 Å². The molecule has 0 amide bonds. The molecule has 2 atom stereocenters. The normalized spacial score (nSPS) is 20.2. The lowest BCUT2D eigenvalue weighted by atomic mass is 9.91. The maximum atomic E-state index is 15.1. The van der Waals surface area contributed by atoms with Gasteiger partial charge in [0, 0.05) is 81.8 Å². The maximum Gasteiger partial charge on any atom is 0.227 e. The number of aromatic nitrogens is 4. The van der Waals surface area contributed by atoms with E-state index in [-0.39, 0.29) is 23.4 Å². The van der Waals surface area contributed by atoms with Gasteiger partial charge in [-0.05, 0) is 38.8 Å². The number of ether oxygens (including phenoxy) is 1. The highest BCUT2D eigenvalue weighted by Crippen LogP contribution is 2.32. The van der Waals surface area contributed by atoms with Crippen LogP contribution in [0, 0.1) is 12.7 Å². The molecular formula is C33H49FN8O. The number of nitrogens with zero attached hydrogens (tertiary/aromatic N) is 8. The standard InChI is InChI=1S/C33H49FN8O/c1-8-10-14-40(13-9-2)32-36-24(3)19-30(37-32)39-17-15-38(16-18-39)22-26-23-41(21-25(4)43-26)28-11-12-29(33(5,6)7)42-31(28)27(34)20-35-42/h8,11-12,19-20,25-26H,1,9-10,13-18,21-23H2,2-7H3/t25-,26+/m1/s1. The highest BCUT2D eigenvalue weighted by Gasteiger charge is 2.31. The molecular weight excluding hydrogens is 543 g/mol. The molecule has 0 bridgehead atoms. The Morgan fingerprint density at radius 2 is 1.86 bits per heavy atom. The van der Waals surface area contributed by atoms with Crippen LogP contribution in [0.25, 0.3) is 5.52 Å². The first-order valence-corrected chi connectivity index (χ1v) is 15.8. The second-order valence-electron chi connectivity index (χ2n) is 13.1. The van der Waals surface area contributed by atoms with Crippen molar-refractivity contribution in [3.8, 4) is 0 Å². The van der Waals surface area contributed by atoms with Crippen LogP contribution in [0.4, 0.5) is 21.8 Å². The second kappa shape index (κ2) is 13.2. The molecule has 9 nitrogen and oxygen atoms in total. The van der Waals surface area contributed by atoms with Crippen LogP contribution in [0.2, 0.25) is 0 Å². The molecule has 0 saturated carbocycles. The lowest BCUT2D eigenvalue weighted by Gasteiger charge is -2.42. The van der Waals surface area contributed by atoms with Crippen LogP contribution in [-0.2, 0) is 10.2 Å². The van der Waals surface area contributed by atoms with E-state index in [1.807, 2.05) is 6.08 Å². The Morgan fingerprint density at radius 1 is 1.09 bits per heavy atom. The first-order chi connectivity index (χ1) is 20.6. The monoisotopic (exact) mass is 592 g/mol. The zero-order chi connectivity index (χ0) is 30.7. The van der Waals surface area contributed by atoms with Crippen LogP contribution in [0.1, 0.15) is 58.8 Å². The molecule has 2 fully saturated rings. The Balaban J connectivity index is 1.24. The topological polar surface area (TPSA) is 65.3 Å². The van der Waals surface area contributed by atoms with Crippen molar-refractivity contribution in [2.24, 2.45) is 0 Å². The van der Waals surface area contributed by atoms with Crippen molar-refractivity contribution in [1.29, 1.82) is 0 Å². The van der Waals surface area contributed by atoms with Crippen LogP contribution < -0.4 is 14.7 Å². The molecule has 2 aliphatic heterocycles. The molecule has 0 unspecified atom stereocenters. The van der Waals surface area contributed by atoms with E-state index < -0.39 is 0 Å². The average molecular weight is 593 g/mol. The number of fused-ring (bicyclic) bond motifs is 1. The van der Waals surface area contributed by atoms with Gasteiger partial charge in [0.2, 0.25) is 5.95 Å². The smallest absolute Gasteiger partial charge is 0.227 e. The van der Waals surface area contributed by atoms with Crippen molar-refractivity contribution in [2.75, 3.05) is 73.6 Å². The van der Waals surface area contributed by atoms with Crippen molar-refractivity contribution in [3.05, 3.63) is 54.3 Å². The third kappa shape index (κ3) is 7.12. The van der Waals surface area contributed by atoms with Gasteiger partial charge in [0.15, 0.2) is 5.82 Å². The van der Waals surface area contributed by atoms with E-state index >= 15 is 4.39 Å². The molecule has 2 aliphatic rings. The number of anilines is 3. The van der Waals surface area contributed by atoms with Gasteiger partial charge >= 0.3 is 0 Å². The van der Waals surface area contributed by atoms with Gasteiger partial charge in [-0.25, -0.2) is 13.9 Å². The molecule has 5 heterocycles. The molecule has 3 aromatic rings. The van der Waals surface area contributed by atoms with Crippen LogP contribution in [0.15, 0.2) is 37.1 Å². The van der Waals surface area contributed by atoms with Crippen molar-refractivity contribution >= 4 is 23.0 Å². The van der Waals surface area contributed by atoms with Gasteiger partial charge in [0.25, 0.3) is 0 Å². The van der Waals surface area contributed by atoms with Gasteiger partial charge in [0.1, 0.15) is 11.3 Å². The van der Waals surface area contributed by atoms with E-state index in [0.29, 0.717) is 12.1 Å². The van der Waals surface area contributed by atoms with Crippen molar-refractivity contribution < 1.29 is 9.13 Å². The summed E-state index contributed by atoms with van der Waals surface area (Å²) in [5.74, 6) is 1.53. The largest absolute Gasteiger partial charge is 0.370 e. The van der Waals surface area contributed by atoms with E-state index in [0.717, 1.165) is 94.0 Å². The number of aryl methyl sites for hydroxylation is 1. The molecule has 0 radical (unpaired) electrons. The Labute approximate surface area is 256 Å². The summed E-state index contributed by atoms with van der Waals surface area (Å²) in [7, 11) is 0. The predicted molar refractivity (Wildman–Crippen MR) is 173 cm³/mol. The number of hydrogen-bond acceptors (Lipinski definition) is 8. The Bertz CT molecular complexity index is 1390. The van der Waals surface area contributed by atoms with Crippen molar-refractivity contribution in [3.63, 3.8) is 0 Å². The molecule has 0 aliphatic carbocycles. The third-order valence-corrected chi connectivity index (χ3v) is 8.40. The minimum atomic E-state index is -0.283. The number of hydrogen-bond donors (Lipinski definition) is 0. The zero-order valence-electron chi connectivity index (χ0n) is 26.9. The summed E-state index contributed by atoms with van der Waals surface area (Å²) < 4.78 is 23.3. The lowest BCUT2D eigenvalue weighted by Crippen LogP contribution is -2.54. The molecule has 0 aromatic carbocycles. The third-order valence-electron chi connectivity index (χ3n) is 8.40. The van der Waals surface area contributed by atoms with Gasteiger partial charge in [-0.1, -0.05) is 33.8 Å². The fourth-order valence-electron chi connectivity index (χ4n) is 6.33. The molecule has 5 rings (SSSR count). The zero-order valence-corrected chi connectivity index (χ0v) is 26.9. The SMILES string of the molecule is C=CCCN(CCC)c1nc(C)cc(N2CCN(C[C@H]3CN(c4ccc(C(C)(C)C)n5ncc(F)c45)C[C@@H](C)O3)CC2)n1. The minimum Gasteiger partial charge on any atom is -0.370 e. The fraction of sp³-hybridized carbons (Fsp3) is 0.606. The van der Waals surface area contributed by atoms with Crippen molar-refractivity contribution in [1.82, 2.24) is 24.5 Å². The first-order valence-electron chi connectivity index (χ1n) is 15.8. The average Bonchev–Trinajstić information content (AvgIpc) is 3.35. The van der Waals surface area contributed by atoms with Crippen LogP contribution in [0.3, 0.4) is 0 Å². The summed E-state index contributed by atoms with van der Waals surface area (Å²) in [6.07, 6.45) is 5.32. The molecule has 234 valence electrons. The van der Waals surface area contributed by atoms with E-state index in [1.165, 1.54) is 6.20 Å². The molecule has 0 spiro atoms. The summed E-state index contributed by atoms with van der Waals surface area (Å²) in [6, 6.07) is 6.25. The van der Waals surface area contributed by atoms with Gasteiger partial charge in [0.05, 0.1) is 24.1 Å². The molecule has 2 saturated heterocycles. The summed E-state index contributed by atoms with van der Waals surface area (Å²) in [5.41, 5.74) is 3.27. The molecule has 3 aromatic heterocycles. The second-order valence-corrected chi connectivity index (χ2v) is 13.1. The Hall–Kier alpha value is -3.24. The highest BCUT2D eigenvalue weighted by atomic mass is 19.1. The van der Waals surface area contributed by atoms with Gasteiger partial charge in [-0.3, -0.25) is 4.90 Å². The summed E-state index contributed by atoms with van der Waals surface area (Å²) in [4.78, 5) is 19.2. The van der Waals surface area contributed by atoms with Gasteiger partial charge in [-0.2, -0.15) is 10.1 Å². The molecule has 0 N–H and O–H groups in total. The van der Waals surface area contributed by atoms with E-state index in [1.54, 1.807) is 4.52 Å². The molecule has 43 heavy (non-hydrogen) atoms. The highest BCUT2D eigenvalue weighted by molar-refractivity contribution is 5.74. The first kappa shape index (κ1) is 31.2. The Kier molecular flexibility index (Phi) is 9.56. The minimum absolute atomic E-state index is 0.0315. The van der Waals surface area contributed by atoms with E-state index in [2.05, 4.69) is 91.0 Å². The summed E-state index contributed by atoms with van der Waals surface area (Å²) >= 11 is 0. The summed E-state index contributed by atoms with van der Waals surface area (Å²) in [5, 5.41) is 4.40. The number of morpholine rings is 1. The number of piperazine rings is 1. The quantitative estimate of drug-likeness (QED) is 0.302. The van der Waals surface area contributed by atoms with E-state index in [4.69, 9.17) is 14.7 Å². The van der Waals surface area contributed by atoms with Crippen LogP contribution >= 0.6 is 0 Å². The number of rotatable bonds is 10. The number of pyridine rings is 1. The van der Waals surface area contributed by atoms with Gasteiger partial charge < -0.3 is 19.4 Å². The maximum absolute atomic E-state index is 15.1. The fourth-order valence-corrected chi connectivity index (χ4v) is 6.33. The molecule has 10 heteroatoms.